The van der Waals surface area contributed by atoms with Gasteiger partial charge in [-0.3, -0.25) is 9.59 Å². The van der Waals surface area contributed by atoms with Gasteiger partial charge in [-0.25, -0.2) is 4.39 Å². The van der Waals surface area contributed by atoms with Gasteiger partial charge in [0.25, 0.3) is 0 Å². The summed E-state index contributed by atoms with van der Waals surface area (Å²) in [4.78, 5) is 23.5. The Balaban J connectivity index is 2.13. The first-order chi connectivity index (χ1) is 8.63. The van der Waals surface area contributed by atoms with Crippen molar-refractivity contribution in [2.24, 2.45) is 0 Å². The second kappa shape index (κ2) is 5.16. The number of carbonyl (C=O) groups excluding carboxylic acids is 2. The van der Waals surface area contributed by atoms with Crippen molar-refractivity contribution in [1.82, 2.24) is 10.2 Å². The Kier molecular flexibility index (Phi) is 3.60. The van der Waals surface area contributed by atoms with E-state index in [-0.39, 0.29) is 18.3 Å². The summed E-state index contributed by atoms with van der Waals surface area (Å²) in [5.74, 6) is -0.306. The van der Waals surface area contributed by atoms with Gasteiger partial charge in [-0.1, -0.05) is 12.1 Å². The molecule has 0 atom stereocenters. The van der Waals surface area contributed by atoms with Crippen LogP contribution >= 0.6 is 0 Å². The number of benzene rings is 1. The minimum atomic E-state index is -0.161. The highest BCUT2D eigenvalue weighted by atomic mass is 19.1. The molecule has 0 saturated carbocycles. The molecular weight excluding hydrogens is 235 g/mol. The number of nitrogens with zero attached hydrogens (tertiary/aromatic N) is 1. The van der Waals surface area contributed by atoms with E-state index in [1.165, 1.54) is 0 Å². The number of aryl methyl sites for hydroxylation is 1. The molecule has 1 aliphatic heterocycles. The predicted octanol–water partition coefficient (Wildman–Crippen LogP) is 0.765. The van der Waals surface area contributed by atoms with E-state index in [0.29, 0.717) is 37.0 Å². The summed E-state index contributed by atoms with van der Waals surface area (Å²) in [6.45, 7) is 2.63. The van der Waals surface area contributed by atoms with Gasteiger partial charge in [-0.2, -0.15) is 0 Å². The lowest BCUT2D eigenvalue weighted by Crippen LogP contribution is -2.41. The standard InChI is InChI=1S/C13H15FN2O2/c1-9-2-3-10-7-16(12(18)6-15-8-17)5-4-11(10)13(9)14/h2-3,8H,4-7H2,1H3,(H,15,17). The van der Waals surface area contributed by atoms with Gasteiger partial charge in [-0.05, 0) is 30.0 Å². The number of hydrogen-bond donors (Lipinski definition) is 1. The van der Waals surface area contributed by atoms with Crippen molar-refractivity contribution in [3.63, 3.8) is 0 Å². The van der Waals surface area contributed by atoms with Crippen LogP contribution in [-0.2, 0) is 22.6 Å². The van der Waals surface area contributed by atoms with Crippen molar-refractivity contribution in [1.29, 1.82) is 0 Å². The summed E-state index contributed by atoms with van der Waals surface area (Å²) < 4.78 is 13.9. The molecule has 0 saturated heterocycles. The van der Waals surface area contributed by atoms with Gasteiger partial charge in [0.15, 0.2) is 0 Å². The molecule has 0 fully saturated rings. The van der Waals surface area contributed by atoms with Gasteiger partial charge in [0.1, 0.15) is 5.82 Å². The third-order valence-corrected chi connectivity index (χ3v) is 3.22. The van der Waals surface area contributed by atoms with E-state index in [4.69, 9.17) is 0 Å². The van der Waals surface area contributed by atoms with E-state index >= 15 is 0 Å². The Labute approximate surface area is 105 Å². The number of carbonyl (C=O) groups is 2. The number of nitrogens with one attached hydrogen (secondary N) is 1. The van der Waals surface area contributed by atoms with E-state index in [1.54, 1.807) is 17.9 Å². The van der Waals surface area contributed by atoms with Crippen molar-refractivity contribution in [3.05, 3.63) is 34.6 Å². The molecule has 4 nitrogen and oxygen atoms in total. The molecule has 2 rings (SSSR count). The highest BCUT2D eigenvalue weighted by molar-refractivity contribution is 5.80. The van der Waals surface area contributed by atoms with Gasteiger partial charge in [-0.15, -0.1) is 0 Å². The van der Waals surface area contributed by atoms with E-state index in [0.717, 1.165) is 5.56 Å². The first kappa shape index (κ1) is 12.5. The zero-order valence-electron chi connectivity index (χ0n) is 10.2. The van der Waals surface area contributed by atoms with E-state index in [2.05, 4.69) is 5.32 Å². The Morgan fingerprint density at radius 1 is 1.56 bits per heavy atom. The van der Waals surface area contributed by atoms with Crippen LogP contribution in [0, 0.1) is 12.7 Å². The fourth-order valence-electron chi connectivity index (χ4n) is 2.18. The van der Waals surface area contributed by atoms with Crippen LogP contribution in [0.2, 0.25) is 0 Å². The van der Waals surface area contributed by atoms with Crippen molar-refractivity contribution in [3.8, 4) is 0 Å². The summed E-state index contributed by atoms with van der Waals surface area (Å²) in [6, 6.07) is 3.59. The van der Waals surface area contributed by atoms with Gasteiger partial charge in [0.05, 0.1) is 6.54 Å². The van der Waals surface area contributed by atoms with Crippen LogP contribution in [0.3, 0.4) is 0 Å². The molecule has 0 radical (unpaired) electrons. The van der Waals surface area contributed by atoms with E-state index in [9.17, 15) is 14.0 Å². The molecule has 5 heteroatoms. The third-order valence-electron chi connectivity index (χ3n) is 3.22. The maximum absolute atomic E-state index is 13.9. The highest BCUT2D eigenvalue weighted by Crippen LogP contribution is 2.23. The molecule has 2 amide bonds. The molecule has 0 bridgehead atoms. The van der Waals surface area contributed by atoms with Crippen molar-refractivity contribution in [2.75, 3.05) is 13.1 Å². The number of amides is 2. The Hall–Kier alpha value is -1.91. The molecule has 0 aliphatic carbocycles. The van der Waals surface area contributed by atoms with Gasteiger partial charge < -0.3 is 10.2 Å². The third kappa shape index (κ3) is 2.34. The lowest BCUT2D eigenvalue weighted by Gasteiger charge is -2.29. The zero-order chi connectivity index (χ0) is 13.1. The number of hydrogen-bond acceptors (Lipinski definition) is 2. The normalized spacial score (nSPS) is 14.0. The van der Waals surface area contributed by atoms with Crippen LogP contribution in [0.5, 0.6) is 0 Å². The summed E-state index contributed by atoms with van der Waals surface area (Å²) in [5, 5.41) is 2.34. The van der Waals surface area contributed by atoms with Gasteiger partial charge >= 0.3 is 0 Å². The van der Waals surface area contributed by atoms with Crippen molar-refractivity contribution >= 4 is 12.3 Å². The topological polar surface area (TPSA) is 49.4 Å². The molecule has 1 aromatic rings. The molecule has 0 spiro atoms. The predicted molar refractivity (Wildman–Crippen MR) is 64.3 cm³/mol. The SMILES string of the molecule is Cc1ccc2c(c1F)CCN(C(=O)CNC=O)C2. The van der Waals surface area contributed by atoms with Crippen LogP contribution in [0.1, 0.15) is 16.7 Å². The minimum Gasteiger partial charge on any atom is -0.350 e. The molecule has 1 aliphatic rings. The molecular formula is C13H15FN2O2. The van der Waals surface area contributed by atoms with Gasteiger partial charge in [0.2, 0.25) is 12.3 Å². The first-order valence-corrected chi connectivity index (χ1v) is 5.85. The monoisotopic (exact) mass is 250 g/mol. The number of rotatable bonds is 3. The minimum absolute atomic E-state index is 0.00677. The zero-order valence-corrected chi connectivity index (χ0v) is 10.2. The Morgan fingerprint density at radius 2 is 2.33 bits per heavy atom. The Bertz CT molecular complexity index is 488. The van der Waals surface area contributed by atoms with Gasteiger partial charge in [0, 0.05) is 13.1 Å². The van der Waals surface area contributed by atoms with Crippen LogP contribution in [-0.4, -0.2) is 30.3 Å². The second-order valence-corrected chi connectivity index (χ2v) is 4.40. The van der Waals surface area contributed by atoms with Crippen LogP contribution in [0.25, 0.3) is 0 Å². The first-order valence-electron chi connectivity index (χ1n) is 5.85. The maximum atomic E-state index is 13.9. The van der Waals surface area contributed by atoms with Crippen molar-refractivity contribution < 1.29 is 14.0 Å². The van der Waals surface area contributed by atoms with Crippen molar-refractivity contribution in [2.45, 2.75) is 19.9 Å². The highest BCUT2D eigenvalue weighted by Gasteiger charge is 2.22. The largest absolute Gasteiger partial charge is 0.350 e. The molecule has 1 N–H and O–H groups in total. The summed E-state index contributed by atoms with van der Waals surface area (Å²) in [7, 11) is 0. The quantitative estimate of drug-likeness (QED) is 0.805. The molecule has 1 aromatic carbocycles. The molecule has 0 unspecified atom stereocenters. The van der Waals surface area contributed by atoms with E-state index < -0.39 is 0 Å². The lowest BCUT2D eigenvalue weighted by atomic mass is 9.97. The maximum Gasteiger partial charge on any atom is 0.242 e. The number of halogens is 1. The number of fused-ring (bicyclic) bond motifs is 1. The van der Waals surface area contributed by atoms with E-state index in [1.807, 2.05) is 6.07 Å². The Morgan fingerprint density at radius 3 is 3.06 bits per heavy atom. The lowest BCUT2D eigenvalue weighted by molar-refractivity contribution is -0.132. The average molecular weight is 250 g/mol. The molecule has 0 aromatic heterocycles. The molecule has 96 valence electrons. The average Bonchev–Trinajstić information content (AvgIpc) is 2.40. The summed E-state index contributed by atoms with van der Waals surface area (Å²) >= 11 is 0. The summed E-state index contributed by atoms with van der Waals surface area (Å²) in [5.41, 5.74) is 2.20. The smallest absolute Gasteiger partial charge is 0.242 e. The summed E-state index contributed by atoms with van der Waals surface area (Å²) in [6.07, 6.45) is 1.02. The fraction of sp³-hybridized carbons (Fsp3) is 0.385. The second-order valence-electron chi connectivity index (χ2n) is 4.40. The molecule has 1 heterocycles. The van der Waals surface area contributed by atoms with Crippen LogP contribution < -0.4 is 5.32 Å². The van der Waals surface area contributed by atoms with Crippen LogP contribution in [0.4, 0.5) is 4.39 Å². The fourth-order valence-corrected chi connectivity index (χ4v) is 2.18. The molecule has 18 heavy (non-hydrogen) atoms. The van der Waals surface area contributed by atoms with Crippen LogP contribution in [0.15, 0.2) is 12.1 Å².